The summed E-state index contributed by atoms with van der Waals surface area (Å²) in [5.74, 6) is 5.72. The molecule has 666 valence electrons. The monoisotopic (exact) mass is 1810 g/mol. The third kappa shape index (κ3) is 17.1. The van der Waals surface area contributed by atoms with Gasteiger partial charge in [-0.2, -0.15) is 0 Å². The first-order chi connectivity index (χ1) is 68.9. The smallest absolute Gasteiger partial charge is 0.187 e. The Morgan fingerprint density at radius 3 is 0.596 bits per heavy atom. The Balaban J connectivity index is 0.000000122. The Kier molecular flexibility index (Phi) is 23.0. The number of hydrogen-bond donors (Lipinski definition) is 0. The summed E-state index contributed by atoms with van der Waals surface area (Å²) >= 11 is 0. The second kappa shape index (κ2) is 36.9. The SMILES string of the molecule is [C-]#[N+]c1ccc2c(c1)-c1c(-c3ccc(-c4nc(-c5ccccc5)nc(-c5ccc(-c6ccccc6)cc5)n4)cc3)cccc1C2(C)C.[C-]#[N+]c1ccc2c(c1)-c1cc(-c3ccc(-c4nc(-c5ccccc5)nc(-c5ccc(-c6ccc(-c7ccccc7)cc6)cc5)n4)cc3)ccc1C2(C)C.[C-]#[N+]c1ccc2c(c1)-c1cc(-c3ccc(-c4nc(-c5ccccc5)nc(-c5ccccc5)n4)cc3)ccc1C2(C)C. The van der Waals surface area contributed by atoms with Crippen molar-refractivity contribution in [3.8, 4) is 203 Å². The zero-order chi connectivity index (χ0) is 95.9. The lowest BCUT2D eigenvalue weighted by Gasteiger charge is -2.21. The largest absolute Gasteiger partial charge is 0.238 e. The molecule has 141 heavy (non-hydrogen) atoms. The van der Waals surface area contributed by atoms with E-state index in [0.717, 1.165) is 117 Å². The van der Waals surface area contributed by atoms with E-state index in [4.69, 9.17) is 64.6 Å². The van der Waals surface area contributed by atoms with Gasteiger partial charge >= 0.3 is 0 Å². The van der Waals surface area contributed by atoms with Crippen molar-refractivity contribution in [2.45, 2.75) is 57.8 Å². The molecule has 0 amide bonds. The number of fused-ring (bicyclic) bond motifs is 9. The van der Waals surface area contributed by atoms with Crippen molar-refractivity contribution in [3.63, 3.8) is 0 Å². The van der Waals surface area contributed by atoms with E-state index in [9.17, 15) is 0 Å². The summed E-state index contributed by atoms with van der Waals surface area (Å²) in [4.78, 5) is 55.4. The van der Waals surface area contributed by atoms with Crippen molar-refractivity contribution in [3.05, 3.63) is 504 Å². The minimum Gasteiger partial charge on any atom is -0.238 e. The maximum Gasteiger partial charge on any atom is 0.187 e. The summed E-state index contributed by atoms with van der Waals surface area (Å²) in [6.07, 6.45) is 0. The molecular formula is C129H90N12. The Hall–Kier alpha value is -18.5. The van der Waals surface area contributed by atoms with Crippen LogP contribution in [0.5, 0.6) is 0 Å². The molecule has 0 atom stereocenters. The van der Waals surface area contributed by atoms with Crippen LogP contribution in [0.25, 0.3) is 217 Å². The van der Waals surface area contributed by atoms with Crippen LogP contribution in [0.3, 0.4) is 0 Å². The first-order valence-electron chi connectivity index (χ1n) is 47.2. The maximum absolute atomic E-state index is 7.61. The molecule has 0 aliphatic heterocycles. The van der Waals surface area contributed by atoms with E-state index < -0.39 is 0 Å². The van der Waals surface area contributed by atoms with Crippen LogP contribution in [-0.4, -0.2) is 44.9 Å². The van der Waals surface area contributed by atoms with E-state index in [1.54, 1.807) is 0 Å². The van der Waals surface area contributed by atoms with Crippen LogP contribution in [0.15, 0.2) is 437 Å². The van der Waals surface area contributed by atoms with Crippen LogP contribution in [0, 0.1) is 19.7 Å². The average Bonchev–Trinajstić information content (AvgIpc) is 1.57. The molecule has 0 N–H and O–H groups in total. The van der Waals surface area contributed by atoms with Crippen LogP contribution < -0.4 is 0 Å². The zero-order valence-electron chi connectivity index (χ0n) is 78.4. The van der Waals surface area contributed by atoms with Crippen LogP contribution in [0.2, 0.25) is 0 Å². The fourth-order valence-electron chi connectivity index (χ4n) is 19.9. The van der Waals surface area contributed by atoms with E-state index >= 15 is 0 Å². The van der Waals surface area contributed by atoms with E-state index in [1.807, 2.05) is 170 Å². The molecule has 3 heterocycles. The molecule has 0 saturated heterocycles. The lowest BCUT2D eigenvalue weighted by Crippen LogP contribution is -2.14. The molecule has 3 aliphatic carbocycles. The fourth-order valence-corrected chi connectivity index (χ4v) is 19.9. The van der Waals surface area contributed by atoms with Crippen LogP contribution in [0.1, 0.15) is 74.9 Å². The summed E-state index contributed by atoms with van der Waals surface area (Å²) in [5, 5.41) is 0. The van der Waals surface area contributed by atoms with Gasteiger partial charge in [-0.05, 0) is 164 Å². The third-order valence-corrected chi connectivity index (χ3v) is 27.5. The molecule has 12 nitrogen and oxygen atoms in total. The van der Waals surface area contributed by atoms with E-state index in [2.05, 4.69) is 323 Å². The Morgan fingerprint density at radius 1 is 0.149 bits per heavy atom. The lowest BCUT2D eigenvalue weighted by atomic mass is 9.82. The van der Waals surface area contributed by atoms with E-state index in [1.165, 1.54) is 66.8 Å². The summed E-state index contributed by atoms with van der Waals surface area (Å²) in [5.41, 5.74) is 38.5. The molecule has 21 aromatic rings. The average molecular weight is 1810 g/mol. The highest BCUT2D eigenvalue weighted by Crippen LogP contribution is 2.56. The molecule has 0 saturated carbocycles. The van der Waals surface area contributed by atoms with Gasteiger partial charge in [0.15, 0.2) is 69.5 Å². The van der Waals surface area contributed by atoms with Crippen molar-refractivity contribution in [1.29, 1.82) is 0 Å². The van der Waals surface area contributed by atoms with Gasteiger partial charge in [-0.3, -0.25) is 0 Å². The highest BCUT2D eigenvalue weighted by Gasteiger charge is 2.39. The third-order valence-electron chi connectivity index (χ3n) is 27.5. The molecule has 24 rings (SSSR count). The fraction of sp³-hybridized carbons (Fsp3) is 0.0698. The Bertz CT molecular complexity index is 8430. The predicted molar refractivity (Wildman–Crippen MR) is 572 cm³/mol. The first kappa shape index (κ1) is 87.8. The standard InChI is InChI=1S/C49H34N4.C43H30N4.C37H26N4/c1-49(2)44-28-26-40(30-42(44)43-31-41(50-3)27-29-45(43)49)36-20-24-39(25-21-36)48-52-46(37-12-8-5-9-13-37)51-47(53-48)38-22-18-35(19-23-38)34-16-14-33(15-17-34)32-10-6-4-7-11-32;1-43(2)37-26-25-34(44-3)27-36(37)39-35(15-10-16-38(39)43)30-19-23-33(24-20-30)42-46-40(31-13-8-5-9-14-31)45-41(47-42)32-21-17-29(18-22-32)28-11-6-4-7-12-28;1-37(2)32-20-18-28(22-30(32)31-23-29(38-3)19-21-33(31)37)24-14-16-27(17-15-24)36-40-34(25-10-6-4-7-11-25)39-35(41-36)26-12-8-5-9-13-26/h4-31H,1-2H3;4-27H,1-2H3;4-23H,1-2H3. The number of benzene rings is 18. The van der Waals surface area contributed by atoms with Crippen molar-refractivity contribution >= 4 is 17.1 Å². The molecular weight excluding hydrogens is 1720 g/mol. The normalized spacial score (nSPS) is 12.6. The molecule has 0 spiro atoms. The van der Waals surface area contributed by atoms with Crippen LogP contribution in [-0.2, 0) is 16.2 Å². The Labute approximate surface area is 821 Å². The lowest BCUT2D eigenvalue weighted by molar-refractivity contribution is 0.660. The quantitative estimate of drug-likeness (QED) is 0.0921. The number of nitrogens with zero attached hydrogens (tertiary/aromatic N) is 12. The van der Waals surface area contributed by atoms with Crippen molar-refractivity contribution in [1.82, 2.24) is 44.9 Å². The topological polar surface area (TPSA) is 129 Å². The molecule has 3 aromatic heterocycles. The zero-order valence-corrected chi connectivity index (χ0v) is 78.4. The molecule has 3 aliphatic rings. The number of aromatic nitrogens is 9. The van der Waals surface area contributed by atoms with Gasteiger partial charge in [0.25, 0.3) is 0 Å². The minimum absolute atomic E-state index is 0.0980. The molecule has 0 unspecified atom stereocenters. The second-order valence-electron chi connectivity index (χ2n) is 37.2. The van der Waals surface area contributed by atoms with Crippen molar-refractivity contribution < 1.29 is 0 Å². The highest BCUT2D eigenvalue weighted by atomic mass is 15.1. The number of hydrogen-bond acceptors (Lipinski definition) is 9. The van der Waals surface area contributed by atoms with Gasteiger partial charge in [-0.1, -0.05) is 448 Å². The second-order valence-corrected chi connectivity index (χ2v) is 37.2. The first-order valence-corrected chi connectivity index (χ1v) is 47.2. The van der Waals surface area contributed by atoms with Gasteiger partial charge in [-0.15, -0.1) is 0 Å². The van der Waals surface area contributed by atoms with Crippen molar-refractivity contribution in [2.75, 3.05) is 0 Å². The van der Waals surface area contributed by atoms with E-state index in [0.29, 0.717) is 69.5 Å². The molecule has 12 heteroatoms. The van der Waals surface area contributed by atoms with Gasteiger partial charge in [-0.25, -0.2) is 59.4 Å². The van der Waals surface area contributed by atoms with Gasteiger partial charge in [0.2, 0.25) is 0 Å². The molecule has 0 bridgehead atoms. The van der Waals surface area contributed by atoms with Gasteiger partial charge in [0, 0.05) is 66.3 Å². The molecule has 18 aromatic carbocycles. The van der Waals surface area contributed by atoms with Crippen LogP contribution in [0.4, 0.5) is 17.1 Å². The summed E-state index contributed by atoms with van der Waals surface area (Å²) < 4.78 is 0. The summed E-state index contributed by atoms with van der Waals surface area (Å²) in [6, 6.07) is 150. The van der Waals surface area contributed by atoms with Gasteiger partial charge in [0.1, 0.15) is 0 Å². The molecule has 0 fully saturated rings. The van der Waals surface area contributed by atoms with Gasteiger partial charge in [0.05, 0.1) is 19.7 Å². The van der Waals surface area contributed by atoms with Crippen LogP contribution >= 0.6 is 0 Å². The summed E-state index contributed by atoms with van der Waals surface area (Å²) in [6.45, 7) is 36.2. The number of rotatable bonds is 15. The Morgan fingerprint density at radius 2 is 0.333 bits per heavy atom. The van der Waals surface area contributed by atoms with Crippen molar-refractivity contribution in [2.24, 2.45) is 0 Å². The minimum atomic E-state index is -0.143. The van der Waals surface area contributed by atoms with E-state index in [-0.39, 0.29) is 16.2 Å². The highest BCUT2D eigenvalue weighted by molar-refractivity contribution is 5.95. The predicted octanol–water partition coefficient (Wildman–Crippen LogP) is 33.2. The summed E-state index contributed by atoms with van der Waals surface area (Å²) in [7, 11) is 0. The maximum atomic E-state index is 7.61. The molecule has 0 radical (unpaired) electrons. The van der Waals surface area contributed by atoms with Gasteiger partial charge < -0.3 is 0 Å².